The van der Waals surface area contributed by atoms with Crippen LogP contribution in [0.25, 0.3) is 0 Å². The fraction of sp³-hybridized carbons (Fsp3) is 0.733. The average molecular weight is 220 g/mol. The Labute approximate surface area is 99.3 Å². The van der Waals surface area contributed by atoms with Crippen LogP contribution in [0, 0.1) is 11.3 Å². The van der Waals surface area contributed by atoms with Gasteiger partial charge in [0.25, 0.3) is 0 Å². The molecule has 0 aromatic rings. The summed E-state index contributed by atoms with van der Waals surface area (Å²) in [5, 5.41) is 10.2. The minimum Gasteiger partial charge on any atom is -0.392 e. The Bertz CT molecular complexity index is 339. The molecule has 0 aliphatic heterocycles. The lowest BCUT2D eigenvalue weighted by atomic mass is 9.59. The number of hydrogen-bond acceptors (Lipinski definition) is 1. The molecule has 0 saturated heterocycles. The van der Waals surface area contributed by atoms with Gasteiger partial charge < -0.3 is 5.11 Å². The molecule has 90 valence electrons. The minimum atomic E-state index is -0.128. The van der Waals surface area contributed by atoms with Gasteiger partial charge >= 0.3 is 0 Å². The zero-order chi connectivity index (χ0) is 11.9. The van der Waals surface area contributed by atoms with Crippen molar-refractivity contribution in [3.63, 3.8) is 0 Å². The Morgan fingerprint density at radius 2 is 2.12 bits per heavy atom. The van der Waals surface area contributed by atoms with Gasteiger partial charge in [-0.3, -0.25) is 0 Å². The van der Waals surface area contributed by atoms with Crippen molar-refractivity contribution in [2.24, 2.45) is 11.3 Å². The molecule has 0 spiro atoms. The molecule has 0 heterocycles. The van der Waals surface area contributed by atoms with E-state index in [-0.39, 0.29) is 11.5 Å². The van der Waals surface area contributed by atoms with Crippen LogP contribution in [0.15, 0.2) is 23.3 Å². The molecular formula is C15H24O. The summed E-state index contributed by atoms with van der Waals surface area (Å²) >= 11 is 0. The zero-order valence-electron chi connectivity index (χ0n) is 10.8. The van der Waals surface area contributed by atoms with Gasteiger partial charge in [0, 0.05) is 5.41 Å². The molecule has 1 heteroatoms. The van der Waals surface area contributed by atoms with Gasteiger partial charge in [0.1, 0.15) is 0 Å². The van der Waals surface area contributed by atoms with Crippen molar-refractivity contribution in [1.29, 1.82) is 0 Å². The molecule has 2 rings (SSSR count). The molecule has 2 aliphatic carbocycles. The summed E-state index contributed by atoms with van der Waals surface area (Å²) in [5.74, 6) is 0.642. The number of allylic oxidation sites excluding steroid dienone is 2. The molecular weight excluding hydrogens is 196 g/mol. The fourth-order valence-electron chi connectivity index (χ4n) is 3.48. The fourth-order valence-corrected chi connectivity index (χ4v) is 3.48. The smallest absolute Gasteiger partial charge is 0.0634 e. The molecule has 0 amide bonds. The third kappa shape index (κ3) is 1.75. The van der Waals surface area contributed by atoms with Crippen LogP contribution in [0.1, 0.15) is 52.9 Å². The maximum atomic E-state index is 10.2. The summed E-state index contributed by atoms with van der Waals surface area (Å²) in [6.07, 6.45) is 5.35. The van der Waals surface area contributed by atoms with Crippen molar-refractivity contribution in [3.05, 3.63) is 23.3 Å². The van der Waals surface area contributed by atoms with Gasteiger partial charge in [0.2, 0.25) is 0 Å². The van der Waals surface area contributed by atoms with E-state index in [9.17, 15) is 5.11 Å². The standard InChI is InChI=1S/C15H24O/c1-10(2)12-7-8-15(4)13(9-12)11(3)5-6-14(15)16/h12,14,16H,1,5-9H2,2-4H3. The van der Waals surface area contributed by atoms with Gasteiger partial charge in [-0.2, -0.15) is 0 Å². The summed E-state index contributed by atoms with van der Waals surface area (Å²) < 4.78 is 0. The Kier molecular flexibility index (Phi) is 3.00. The van der Waals surface area contributed by atoms with Crippen LogP contribution in [0.4, 0.5) is 0 Å². The minimum absolute atomic E-state index is 0.0638. The second-order valence-electron chi connectivity index (χ2n) is 6.02. The molecule has 3 atom stereocenters. The van der Waals surface area contributed by atoms with E-state index in [1.165, 1.54) is 23.1 Å². The van der Waals surface area contributed by atoms with Gasteiger partial charge in [0.05, 0.1) is 6.10 Å². The molecule has 1 saturated carbocycles. The van der Waals surface area contributed by atoms with E-state index < -0.39 is 0 Å². The van der Waals surface area contributed by atoms with E-state index in [4.69, 9.17) is 0 Å². The monoisotopic (exact) mass is 220 g/mol. The highest BCUT2D eigenvalue weighted by Gasteiger charge is 2.43. The van der Waals surface area contributed by atoms with E-state index in [1.54, 1.807) is 0 Å². The number of aliphatic hydroxyl groups excluding tert-OH is 1. The Morgan fingerprint density at radius 1 is 1.44 bits per heavy atom. The third-order valence-corrected chi connectivity index (χ3v) is 4.89. The first-order chi connectivity index (χ1) is 7.45. The molecule has 1 nitrogen and oxygen atoms in total. The van der Waals surface area contributed by atoms with Crippen LogP contribution >= 0.6 is 0 Å². The van der Waals surface area contributed by atoms with Crippen molar-refractivity contribution in [3.8, 4) is 0 Å². The van der Waals surface area contributed by atoms with Crippen molar-refractivity contribution < 1.29 is 5.11 Å². The molecule has 2 aliphatic rings. The van der Waals surface area contributed by atoms with Crippen molar-refractivity contribution in [2.45, 2.75) is 59.0 Å². The molecule has 0 aromatic heterocycles. The van der Waals surface area contributed by atoms with Crippen molar-refractivity contribution in [1.82, 2.24) is 0 Å². The molecule has 1 fully saturated rings. The normalized spacial score (nSPS) is 39.5. The third-order valence-electron chi connectivity index (χ3n) is 4.89. The van der Waals surface area contributed by atoms with Gasteiger partial charge in [-0.05, 0) is 51.9 Å². The number of rotatable bonds is 1. The quantitative estimate of drug-likeness (QED) is 0.666. The van der Waals surface area contributed by atoms with Gasteiger partial charge in [-0.25, -0.2) is 0 Å². The van der Waals surface area contributed by atoms with E-state index in [2.05, 4.69) is 27.4 Å². The highest BCUT2D eigenvalue weighted by atomic mass is 16.3. The highest BCUT2D eigenvalue weighted by molar-refractivity contribution is 5.29. The Balaban J connectivity index is 2.31. The second kappa shape index (κ2) is 4.03. The lowest BCUT2D eigenvalue weighted by molar-refractivity contribution is 0.0240. The maximum Gasteiger partial charge on any atom is 0.0634 e. The van der Waals surface area contributed by atoms with E-state index >= 15 is 0 Å². The summed E-state index contributed by atoms with van der Waals surface area (Å²) in [4.78, 5) is 0. The number of fused-ring (bicyclic) bond motifs is 1. The summed E-state index contributed by atoms with van der Waals surface area (Å²) in [6, 6.07) is 0. The first-order valence-corrected chi connectivity index (χ1v) is 6.47. The largest absolute Gasteiger partial charge is 0.392 e. The lowest BCUT2D eigenvalue weighted by Gasteiger charge is -2.47. The maximum absolute atomic E-state index is 10.2. The van der Waals surface area contributed by atoms with Crippen LogP contribution in [-0.2, 0) is 0 Å². The number of aliphatic hydroxyl groups is 1. The van der Waals surface area contributed by atoms with Gasteiger partial charge in [-0.1, -0.05) is 30.2 Å². The van der Waals surface area contributed by atoms with Crippen LogP contribution in [-0.4, -0.2) is 11.2 Å². The predicted molar refractivity (Wildman–Crippen MR) is 68.2 cm³/mol. The molecule has 1 N–H and O–H groups in total. The molecule has 16 heavy (non-hydrogen) atoms. The van der Waals surface area contributed by atoms with E-state index in [0.29, 0.717) is 5.92 Å². The first kappa shape index (κ1) is 11.9. The summed E-state index contributed by atoms with van der Waals surface area (Å²) in [5.41, 5.74) is 4.43. The molecule has 3 unspecified atom stereocenters. The number of hydrogen-bond donors (Lipinski definition) is 1. The molecule has 0 radical (unpaired) electrons. The van der Waals surface area contributed by atoms with Crippen LogP contribution in [0.5, 0.6) is 0 Å². The van der Waals surface area contributed by atoms with E-state index in [0.717, 1.165) is 25.7 Å². The highest BCUT2D eigenvalue weighted by Crippen LogP contribution is 2.52. The lowest BCUT2D eigenvalue weighted by Crippen LogP contribution is -2.41. The van der Waals surface area contributed by atoms with Crippen LogP contribution in [0.2, 0.25) is 0 Å². The second-order valence-corrected chi connectivity index (χ2v) is 6.02. The summed E-state index contributed by atoms with van der Waals surface area (Å²) in [7, 11) is 0. The average Bonchev–Trinajstić information content (AvgIpc) is 2.24. The predicted octanol–water partition coefficient (Wildman–Crippen LogP) is 3.84. The summed E-state index contributed by atoms with van der Waals surface area (Å²) in [6.45, 7) is 10.7. The van der Waals surface area contributed by atoms with Crippen molar-refractivity contribution in [2.75, 3.05) is 0 Å². The van der Waals surface area contributed by atoms with Crippen LogP contribution in [0.3, 0.4) is 0 Å². The van der Waals surface area contributed by atoms with Crippen molar-refractivity contribution >= 4 is 0 Å². The van der Waals surface area contributed by atoms with Gasteiger partial charge in [-0.15, -0.1) is 0 Å². The zero-order valence-corrected chi connectivity index (χ0v) is 10.8. The van der Waals surface area contributed by atoms with Crippen LogP contribution < -0.4 is 0 Å². The Morgan fingerprint density at radius 3 is 2.75 bits per heavy atom. The van der Waals surface area contributed by atoms with E-state index in [1.807, 2.05) is 0 Å². The molecule has 0 aromatic carbocycles. The topological polar surface area (TPSA) is 20.2 Å². The Hall–Kier alpha value is -0.560. The first-order valence-electron chi connectivity index (χ1n) is 6.47. The SMILES string of the molecule is C=C(C)C1CCC2(C)C(=C(C)CCC2O)C1. The van der Waals surface area contributed by atoms with Gasteiger partial charge in [0.15, 0.2) is 0 Å². The molecule has 0 bridgehead atoms.